The highest BCUT2D eigenvalue weighted by Gasteiger charge is 2.31. The predicted molar refractivity (Wildman–Crippen MR) is 156 cm³/mol. The molecule has 0 spiro atoms. The summed E-state index contributed by atoms with van der Waals surface area (Å²) < 4.78 is 53.6. The summed E-state index contributed by atoms with van der Waals surface area (Å²) in [5.74, 6) is 1.10. The molecule has 0 atom stereocenters. The van der Waals surface area contributed by atoms with E-state index in [2.05, 4.69) is 37.4 Å². The minimum absolute atomic E-state index is 0.0162. The summed E-state index contributed by atoms with van der Waals surface area (Å²) in [4.78, 5) is 18.0. The molecule has 3 aromatic carbocycles. The Labute approximate surface area is 236 Å². The second-order valence-corrected chi connectivity index (χ2v) is 10.7. The van der Waals surface area contributed by atoms with Crippen molar-refractivity contribution in [1.82, 2.24) is 9.66 Å². The van der Waals surface area contributed by atoms with Gasteiger partial charge in [-0.25, -0.2) is 4.98 Å². The van der Waals surface area contributed by atoms with Gasteiger partial charge < -0.3 is 9.47 Å². The van der Waals surface area contributed by atoms with Crippen LogP contribution in [0.4, 0.5) is 13.2 Å². The maximum atomic E-state index is 13.5. The van der Waals surface area contributed by atoms with E-state index >= 15 is 0 Å². The normalized spacial score (nSPS) is 12.2. The lowest BCUT2D eigenvalue weighted by atomic mass is 9.98. The minimum atomic E-state index is -4.56. The Balaban J connectivity index is 1.87. The van der Waals surface area contributed by atoms with Crippen LogP contribution in [-0.2, 0) is 12.6 Å². The molecule has 0 amide bonds. The van der Waals surface area contributed by atoms with E-state index in [4.69, 9.17) is 9.47 Å². The van der Waals surface area contributed by atoms with Crippen molar-refractivity contribution in [2.45, 2.75) is 40.3 Å². The van der Waals surface area contributed by atoms with Gasteiger partial charge in [-0.15, -0.1) is 6.58 Å². The molecular formula is C32H32F3N3O3. The van der Waals surface area contributed by atoms with Crippen molar-refractivity contribution in [1.29, 1.82) is 0 Å². The van der Waals surface area contributed by atoms with Gasteiger partial charge in [-0.1, -0.05) is 51.1 Å². The number of rotatable bonds is 9. The fourth-order valence-electron chi connectivity index (χ4n) is 4.16. The second kappa shape index (κ2) is 12.0. The number of benzene rings is 3. The van der Waals surface area contributed by atoms with Gasteiger partial charge in [-0.3, -0.25) is 4.79 Å². The van der Waals surface area contributed by atoms with Gasteiger partial charge in [0.1, 0.15) is 0 Å². The number of hydrogen-bond acceptors (Lipinski definition) is 5. The standard InChI is InChI=1S/C32H32F3N3O3/c1-6-11-22-16-21(17-27(40-7-2)28(22)41-20-31(3,4)5)19-36-38-29(23-12-10-13-24(18-23)32(33,34)35)37-26-15-9-8-14-25(26)30(38)39/h6,8-10,12-19H,1,7,11,20H2,2-5H3. The van der Waals surface area contributed by atoms with E-state index in [1.165, 1.54) is 18.3 Å². The van der Waals surface area contributed by atoms with E-state index < -0.39 is 17.3 Å². The smallest absolute Gasteiger partial charge is 0.416 e. The van der Waals surface area contributed by atoms with Gasteiger partial charge in [0.05, 0.1) is 35.9 Å². The molecule has 0 aliphatic heterocycles. The molecule has 0 unspecified atom stereocenters. The molecule has 214 valence electrons. The largest absolute Gasteiger partial charge is 0.490 e. The number of para-hydroxylation sites is 1. The van der Waals surface area contributed by atoms with Crippen molar-refractivity contribution < 1.29 is 22.6 Å². The van der Waals surface area contributed by atoms with Crippen LogP contribution in [0.5, 0.6) is 11.5 Å². The zero-order valence-corrected chi connectivity index (χ0v) is 23.5. The first-order valence-corrected chi connectivity index (χ1v) is 13.2. The summed E-state index contributed by atoms with van der Waals surface area (Å²) in [6.07, 6.45) is -0.861. The Hall–Kier alpha value is -4.40. The predicted octanol–water partition coefficient (Wildman–Crippen LogP) is 7.52. The lowest BCUT2D eigenvalue weighted by molar-refractivity contribution is -0.137. The third-order valence-electron chi connectivity index (χ3n) is 5.99. The van der Waals surface area contributed by atoms with Crippen molar-refractivity contribution in [3.63, 3.8) is 0 Å². The fourth-order valence-corrected chi connectivity index (χ4v) is 4.16. The summed E-state index contributed by atoms with van der Waals surface area (Å²) in [5, 5.41) is 4.71. The van der Waals surface area contributed by atoms with Crippen molar-refractivity contribution >= 4 is 17.1 Å². The molecular weight excluding hydrogens is 531 g/mol. The van der Waals surface area contributed by atoms with Gasteiger partial charge in [-0.2, -0.15) is 22.9 Å². The molecule has 4 aromatic rings. The van der Waals surface area contributed by atoms with E-state index in [9.17, 15) is 18.0 Å². The van der Waals surface area contributed by atoms with Crippen LogP contribution >= 0.6 is 0 Å². The van der Waals surface area contributed by atoms with Crippen LogP contribution in [-0.4, -0.2) is 29.1 Å². The summed E-state index contributed by atoms with van der Waals surface area (Å²) >= 11 is 0. The monoisotopic (exact) mass is 563 g/mol. The molecule has 0 N–H and O–H groups in total. The summed E-state index contributed by atoms with van der Waals surface area (Å²) in [6, 6.07) is 14.9. The van der Waals surface area contributed by atoms with E-state index in [-0.39, 0.29) is 22.2 Å². The quantitative estimate of drug-likeness (QED) is 0.156. The zero-order chi connectivity index (χ0) is 29.8. The minimum Gasteiger partial charge on any atom is -0.490 e. The van der Waals surface area contributed by atoms with Crippen LogP contribution < -0.4 is 15.0 Å². The van der Waals surface area contributed by atoms with Gasteiger partial charge in [0.15, 0.2) is 17.3 Å². The average Bonchev–Trinajstić information content (AvgIpc) is 2.91. The maximum Gasteiger partial charge on any atom is 0.416 e. The van der Waals surface area contributed by atoms with Gasteiger partial charge in [0.2, 0.25) is 0 Å². The second-order valence-electron chi connectivity index (χ2n) is 10.7. The molecule has 0 bridgehead atoms. The molecule has 0 saturated carbocycles. The van der Waals surface area contributed by atoms with Crippen LogP contribution in [0.1, 0.15) is 44.4 Å². The van der Waals surface area contributed by atoms with Crippen LogP contribution in [0.25, 0.3) is 22.3 Å². The SMILES string of the molecule is C=CCc1cc(C=Nn2c(-c3cccc(C(F)(F)F)c3)nc3ccccc3c2=O)cc(OCC)c1OCC(C)(C)C. The molecule has 0 aliphatic carbocycles. The average molecular weight is 564 g/mol. The van der Waals surface area contributed by atoms with Crippen molar-refractivity contribution in [2.24, 2.45) is 10.5 Å². The van der Waals surface area contributed by atoms with Crippen molar-refractivity contribution in [3.8, 4) is 22.9 Å². The Morgan fingerprint density at radius 2 is 1.78 bits per heavy atom. The number of aromatic nitrogens is 2. The molecule has 9 heteroatoms. The third-order valence-corrected chi connectivity index (χ3v) is 5.99. The number of alkyl halides is 3. The van der Waals surface area contributed by atoms with Crippen LogP contribution in [0.3, 0.4) is 0 Å². The van der Waals surface area contributed by atoms with Gasteiger partial charge in [0, 0.05) is 11.1 Å². The number of nitrogens with zero attached hydrogens (tertiary/aromatic N) is 3. The van der Waals surface area contributed by atoms with Crippen LogP contribution in [0.2, 0.25) is 0 Å². The lowest BCUT2D eigenvalue weighted by Gasteiger charge is -2.22. The molecule has 4 rings (SSSR count). The molecule has 41 heavy (non-hydrogen) atoms. The number of hydrogen-bond donors (Lipinski definition) is 0. The zero-order valence-electron chi connectivity index (χ0n) is 23.5. The first-order chi connectivity index (χ1) is 19.4. The molecule has 1 heterocycles. The molecule has 0 fully saturated rings. The van der Waals surface area contributed by atoms with E-state index in [1.54, 1.807) is 36.4 Å². The highest BCUT2D eigenvalue weighted by atomic mass is 19.4. The van der Waals surface area contributed by atoms with Crippen molar-refractivity contribution in [3.05, 3.63) is 100 Å². The van der Waals surface area contributed by atoms with Gasteiger partial charge >= 0.3 is 6.18 Å². The summed E-state index contributed by atoms with van der Waals surface area (Å²) in [5.41, 5.74) is 0.424. The van der Waals surface area contributed by atoms with Crippen LogP contribution in [0.15, 0.2) is 83.2 Å². The van der Waals surface area contributed by atoms with E-state index in [0.29, 0.717) is 42.2 Å². The van der Waals surface area contributed by atoms with E-state index in [1.807, 2.05) is 13.0 Å². The molecule has 6 nitrogen and oxygen atoms in total. The Morgan fingerprint density at radius 3 is 2.46 bits per heavy atom. The fraction of sp³-hybridized carbons (Fsp3) is 0.281. The Morgan fingerprint density at radius 1 is 1.02 bits per heavy atom. The summed E-state index contributed by atoms with van der Waals surface area (Å²) in [6.45, 7) is 12.8. The molecule has 0 aliphatic rings. The first kappa shape index (κ1) is 29.6. The topological polar surface area (TPSA) is 65.7 Å². The number of ether oxygens (including phenoxy) is 2. The van der Waals surface area contributed by atoms with Crippen LogP contribution in [0, 0.1) is 5.41 Å². The maximum absolute atomic E-state index is 13.5. The Bertz CT molecular complexity index is 1650. The number of halogens is 3. The Kier molecular flexibility index (Phi) is 8.66. The van der Waals surface area contributed by atoms with E-state index in [0.717, 1.165) is 22.4 Å². The summed E-state index contributed by atoms with van der Waals surface area (Å²) in [7, 11) is 0. The third kappa shape index (κ3) is 7.03. The highest BCUT2D eigenvalue weighted by Crippen LogP contribution is 2.35. The molecule has 0 saturated heterocycles. The van der Waals surface area contributed by atoms with Crippen molar-refractivity contribution in [2.75, 3.05) is 13.2 Å². The van der Waals surface area contributed by atoms with Gasteiger partial charge in [0.25, 0.3) is 5.56 Å². The van der Waals surface area contributed by atoms with Gasteiger partial charge in [-0.05, 0) is 60.7 Å². The number of fused-ring (bicyclic) bond motifs is 1. The highest BCUT2D eigenvalue weighted by molar-refractivity contribution is 5.83. The molecule has 1 aromatic heterocycles. The number of allylic oxidation sites excluding steroid dienone is 1. The molecule has 0 radical (unpaired) electrons. The first-order valence-electron chi connectivity index (χ1n) is 13.2. The lowest BCUT2D eigenvalue weighted by Crippen LogP contribution is -2.20.